The summed E-state index contributed by atoms with van der Waals surface area (Å²) in [5, 5.41) is 5.03. The third-order valence-electron chi connectivity index (χ3n) is 3.14. The predicted octanol–water partition coefficient (Wildman–Crippen LogP) is 2.98. The van der Waals surface area contributed by atoms with Crippen LogP contribution in [0.25, 0.3) is 10.1 Å². The summed E-state index contributed by atoms with van der Waals surface area (Å²) >= 11 is 1.98. The number of fused-ring (bicyclic) bond motifs is 3. The SMILES string of the molecule is CC1Cc2sc3ccccc3c2CCN1. The number of thiophene rings is 1. The van der Waals surface area contributed by atoms with Crippen LogP contribution in [0.3, 0.4) is 0 Å². The van der Waals surface area contributed by atoms with Gasteiger partial charge in [-0.2, -0.15) is 0 Å². The molecule has 0 amide bonds. The maximum absolute atomic E-state index is 3.55. The van der Waals surface area contributed by atoms with E-state index in [1.54, 1.807) is 10.4 Å². The van der Waals surface area contributed by atoms with Crippen molar-refractivity contribution in [3.8, 4) is 0 Å². The highest BCUT2D eigenvalue weighted by Gasteiger charge is 2.17. The molecule has 1 aromatic heterocycles. The van der Waals surface area contributed by atoms with E-state index in [9.17, 15) is 0 Å². The van der Waals surface area contributed by atoms with E-state index in [-0.39, 0.29) is 0 Å². The highest BCUT2D eigenvalue weighted by atomic mass is 32.1. The molecule has 0 radical (unpaired) electrons. The molecule has 3 rings (SSSR count). The van der Waals surface area contributed by atoms with Crippen LogP contribution < -0.4 is 5.32 Å². The van der Waals surface area contributed by atoms with Crippen LogP contribution in [-0.4, -0.2) is 12.6 Å². The lowest BCUT2D eigenvalue weighted by atomic mass is 10.1. The van der Waals surface area contributed by atoms with E-state index in [0.29, 0.717) is 6.04 Å². The maximum Gasteiger partial charge on any atom is 0.0348 e. The van der Waals surface area contributed by atoms with Gasteiger partial charge >= 0.3 is 0 Å². The standard InChI is InChI=1S/C13H15NS/c1-9-8-13-11(6-7-14-9)10-4-2-3-5-12(10)15-13/h2-5,9,14H,6-8H2,1H3. The van der Waals surface area contributed by atoms with Gasteiger partial charge in [-0.05, 0) is 43.3 Å². The minimum Gasteiger partial charge on any atom is -0.314 e. The molecule has 78 valence electrons. The Kier molecular flexibility index (Phi) is 2.26. The molecule has 1 aliphatic rings. The lowest BCUT2D eigenvalue weighted by molar-refractivity contribution is 0.570. The Balaban J connectivity index is 2.19. The molecule has 15 heavy (non-hydrogen) atoms. The largest absolute Gasteiger partial charge is 0.314 e. The van der Waals surface area contributed by atoms with E-state index in [4.69, 9.17) is 0 Å². The first kappa shape index (κ1) is 9.37. The topological polar surface area (TPSA) is 12.0 Å². The van der Waals surface area contributed by atoms with Crippen molar-refractivity contribution in [2.45, 2.75) is 25.8 Å². The second-order valence-electron chi connectivity index (χ2n) is 4.31. The second-order valence-corrected chi connectivity index (χ2v) is 5.45. The van der Waals surface area contributed by atoms with Crippen LogP contribution in [0.15, 0.2) is 24.3 Å². The molecule has 1 N–H and O–H groups in total. The molecular weight excluding hydrogens is 202 g/mol. The first-order valence-electron chi connectivity index (χ1n) is 5.57. The molecule has 1 unspecified atom stereocenters. The van der Waals surface area contributed by atoms with Gasteiger partial charge in [0.05, 0.1) is 0 Å². The smallest absolute Gasteiger partial charge is 0.0348 e. The van der Waals surface area contributed by atoms with Crippen LogP contribution in [0.5, 0.6) is 0 Å². The van der Waals surface area contributed by atoms with Crippen molar-refractivity contribution in [2.24, 2.45) is 0 Å². The van der Waals surface area contributed by atoms with Gasteiger partial charge in [0, 0.05) is 15.6 Å². The van der Waals surface area contributed by atoms with Gasteiger partial charge in [-0.25, -0.2) is 0 Å². The summed E-state index contributed by atoms with van der Waals surface area (Å²) in [7, 11) is 0. The zero-order valence-corrected chi connectivity index (χ0v) is 9.73. The fourth-order valence-electron chi connectivity index (χ4n) is 2.38. The van der Waals surface area contributed by atoms with E-state index < -0.39 is 0 Å². The van der Waals surface area contributed by atoms with Crippen molar-refractivity contribution >= 4 is 21.4 Å². The minimum atomic E-state index is 0.624. The summed E-state index contributed by atoms with van der Waals surface area (Å²) < 4.78 is 1.46. The number of rotatable bonds is 0. The fourth-order valence-corrected chi connectivity index (χ4v) is 3.76. The van der Waals surface area contributed by atoms with E-state index in [2.05, 4.69) is 36.5 Å². The summed E-state index contributed by atoms with van der Waals surface area (Å²) in [6, 6.07) is 9.42. The molecule has 0 bridgehead atoms. The van der Waals surface area contributed by atoms with Crippen LogP contribution in [-0.2, 0) is 12.8 Å². The molecule has 0 saturated heterocycles. The molecule has 1 atom stereocenters. The summed E-state index contributed by atoms with van der Waals surface area (Å²) in [6.45, 7) is 3.40. The van der Waals surface area contributed by atoms with Gasteiger partial charge in [0.25, 0.3) is 0 Å². The van der Waals surface area contributed by atoms with Crippen LogP contribution in [0.4, 0.5) is 0 Å². The third kappa shape index (κ3) is 1.58. The Bertz CT molecular complexity index is 486. The summed E-state index contributed by atoms with van der Waals surface area (Å²) in [5.41, 5.74) is 1.59. The molecule has 2 aromatic rings. The average Bonchev–Trinajstić information content (AvgIpc) is 2.46. The van der Waals surface area contributed by atoms with Gasteiger partial charge in [0.2, 0.25) is 0 Å². The monoisotopic (exact) mass is 217 g/mol. The summed E-state index contributed by atoms with van der Waals surface area (Å²) in [5.74, 6) is 0. The van der Waals surface area contributed by atoms with Gasteiger partial charge in [0.15, 0.2) is 0 Å². The van der Waals surface area contributed by atoms with Gasteiger partial charge in [-0.3, -0.25) is 0 Å². The molecule has 2 heteroatoms. The van der Waals surface area contributed by atoms with Gasteiger partial charge in [-0.1, -0.05) is 18.2 Å². The molecule has 0 fully saturated rings. The zero-order valence-electron chi connectivity index (χ0n) is 8.92. The van der Waals surface area contributed by atoms with E-state index in [1.807, 2.05) is 11.3 Å². The minimum absolute atomic E-state index is 0.624. The lowest BCUT2D eigenvalue weighted by Gasteiger charge is -2.07. The normalized spacial score (nSPS) is 21.3. The average molecular weight is 217 g/mol. The summed E-state index contributed by atoms with van der Waals surface area (Å²) in [6.07, 6.45) is 2.37. The Labute approximate surface area is 94.1 Å². The lowest BCUT2D eigenvalue weighted by Crippen LogP contribution is -2.27. The quantitative estimate of drug-likeness (QED) is 0.715. The fraction of sp³-hybridized carbons (Fsp3) is 0.385. The van der Waals surface area contributed by atoms with Crippen LogP contribution >= 0.6 is 11.3 Å². The first-order valence-corrected chi connectivity index (χ1v) is 6.39. The first-order chi connectivity index (χ1) is 7.34. The van der Waals surface area contributed by atoms with Crippen LogP contribution in [0.1, 0.15) is 17.4 Å². The van der Waals surface area contributed by atoms with E-state index in [1.165, 1.54) is 22.9 Å². The third-order valence-corrected chi connectivity index (χ3v) is 4.38. The molecule has 0 spiro atoms. The predicted molar refractivity (Wildman–Crippen MR) is 66.7 cm³/mol. The molecule has 1 nitrogen and oxygen atoms in total. The number of nitrogens with one attached hydrogen (secondary N) is 1. The highest BCUT2D eigenvalue weighted by molar-refractivity contribution is 7.19. The highest BCUT2D eigenvalue weighted by Crippen LogP contribution is 2.33. The van der Waals surface area contributed by atoms with E-state index >= 15 is 0 Å². The molecule has 1 aliphatic heterocycles. The van der Waals surface area contributed by atoms with Gasteiger partial charge in [0.1, 0.15) is 0 Å². The molecule has 1 aromatic carbocycles. The number of benzene rings is 1. The summed E-state index contributed by atoms with van der Waals surface area (Å²) in [4.78, 5) is 1.59. The number of hydrogen-bond donors (Lipinski definition) is 1. The van der Waals surface area contributed by atoms with Gasteiger partial charge in [-0.15, -0.1) is 11.3 Å². The molecule has 0 aliphatic carbocycles. The van der Waals surface area contributed by atoms with Crippen molar-refractivity contribution < 1.29 is 0 Å². The van der Waals surface area contributed by atoms with Crippen molar-refractivity contribution in [2.75, 3.05) is 6.54 Å². The van der Waals surface area contributed by atoms with E-state index in [0.717, 1.165) is 6.54 Å². The molecular formula is C13H15NS. The Morgan fingerprint density at radius 2 is 2.20 bits per heavy atom. The van der Waals surface area contributed by atoms with Crippen LogP contribution in [0, 0.1) is 0 Å². The Hall–Kier alpha value is -0.860. The van der Waals surface area contributed by atoms with Crippen molar-refractivity contribution in [1.82, 2.24) is 5.32 Å². The second kappa shape index (κ2) is 3.62. The van der Waals surface area contributed by atoms with Crippen LogP contribution in [0.2, 0.25) is 0 Å². The number of hydrogen-bond acceptors (Lipinski definition) is 2. The van der Waals surface area contributed by atoms with Crippen molar-refractivity contribution in [3.63, 3.8) is 0 Å². The Morgan fingerprint density at radius 3 is 3.13 bits per heavy atom. The zero-order chi connectivity index (χ0) is 10.3. The molecule has 2 heterocycles. The van der Waals surface area contributed by atoms with Gasteiger partial charge < -0.3 is 5.32 Å². The Morgan fingerprint density at radius 1 is 1.33 bits per heavy atom. The van der Waals surface area contributed by atoms with Crippen molar-refractivity contribution in [1.29, 1.82) is 0 Å². The van der Waals surface area contributed by atoms with Crippen molar-refractivity contribution in [3.05, 3.63) is 34.7 Å². The molecule has 0 saturated carbocycles. The maximum atomic E-state index is 3.55.